The van der Waals surface area contributed by atoms with E-state index in [2.05, 4.69) is 15.6 Å². The van der Waals surface area contributed by atoms with Crippen LogP contribution >= 0.6 is 11.6 Å². The van der Waals surface area contributed by atoms with E-state index in [0.29, 0.717) is 28.8 Å². The summed E-state index contributed by atoms with van der Waals surface area (Å²) in [7, 11) is 0. The van der Waals surface area contributed by atoms with Crippen molar-refractivity contribution in [2.45, 2.75) is 13.5 Å². The van der Waals surface area contributed by atoms with Crippen LogP contribution < -0.4 is 20.1 Å². The Bertz CT molecular complexity index is 1040. The predicted molar refractivity (Wildman–Crippen MR) is 107 cm³/mol. The van der Waals surface area contributed by atoms with Crippen molar-refractivity contribution in [1.82, 2.24) is 10.3 Å². The van der Waals surface area contributed by atoms with Crippen LogP contribution in [0.2, 0.25) is 5.02 Å². The number of anilines is 2. The van der Waals surface area contributed by atoms with Crippen molar-refractivity contribution >= 4 is 28.9 Å². The van der Waals surface area contributed by atoms with Crippen LogP contribution in [-0.2, 0) is 6.54 Å². The van der Waals surface area contributed by atoms with Gasteiger partial charge in [-0.25, -0.2) is 0 Å². The van der Waals surface area contributed by atoms with Crippen LogP contribution in [0.25, 0.3) is 0 Å². The van der Waals surface area contributed by atoms with Gasteiger partial charge in [0.25, 0.3) is 5.91 Å². The fraction of sp³-hybridized carbons (Fsp3) is 0.143. The Balaban J connectivity index is 1.43. The van der Waals surface area contributed by atoms with Gasteiger partial charge in [0.05, 0.1) is 0 Å². The molecule has 0 spiro atoms. The second-order valence-corrected chi connectivity index (χ2v) is 6.82. The third-order valence-corrected chi connectivity index (χ3v) is 4.60. The highest BCUT2D eigenvalue weighted by atomic mass is 35.5. The van der Waals surface area contributed by atoms with E-state index in [4.69, 9.17) is 21.1 Å². The van der Waals surface area contributed by atoms with Gasteiger partial charge in [0.2, 0.25) is 6.79 Å². The van der Waals surface area contributed by atoms with Gasteiger partial charge in [-0.2, -0.15) is 0 Å². The Hall–Kier alpha value is -3.25. The molecule has 142 valence electrons. The minimum Gasteiger partial charge on any atom is -0.454 e. The highest BCUT2D eigenvalue weighted by molar-refractivity contribution is 6.30. The summed E-state index contributed by atoms with van der Waals surface area (Å²) in [5, 5.41) is 6.79. The van der Waals surface area contributed by atoms with Crippen LogP contribution in [0.15, 0.2) is 54.7 Å². The van der Waals surface area contributed by atoms with E-state index in [9.17, 15) is 4.79 Å². The number of carbonyl (C=O) groups excluding carboxylic acids is 1. The molecule has 0 radical (unpaired) electrons. The Morgan fingerprint density at radius 2 is 1.96 bits per heavy atom. The highest BCUT2D eigenvalue weighted by Gasteiger charge is 2.14. The van der Waals surface area contributed by atoms with Crippen LogP contribution in [0.1, 0.15) is 21.6 Å². The zero-order chi connectivity index (χ0) is 19.5. The number of nitrogens with zero attached hydrogens (tertiary/aromatic N) is 1. The first-order valence-electron chi connectivity index (χ1n) is 8.74. The Morgan fingerprint density at radius 3 is 2.86 bits per heavy atom. The van der Waals surface area contributed by atoms with E-state index >= 15 is 0 Å². The topological polar surface area (TPSA) is 72.5 Å². The molecular weight excluding hydrogens is 378 g/mol. The number of amides is 1. The maximum absolute atomic E-state index is 12.5. The zero-order valence-electron chi connectivity index (χ0n) is 15.2. The van der Waals surface area contributed by atoms with Crippen molar-refractivity contribution in [3.8, 4) is 11.5 Å². The van der Waals surface area contributed by atoms with Gasteiger partial charge >= 0.3 is 0 Å². The van der Waals surface area contributed by atoms with Gasteiger partial charge in [-0.15, -0.1) is 0 Å². The number of benzene rings is 2. The lowest BCUT2D eigenvalue weighted by Gasteiger charge is -2.11. The van der Waals surface area contributed by atoms with E-state index < -0.39 is 0 Å². The normalized spacial score (nSPS) is 11.9. The van der Waals surface area contributed by atoms with Crippen LogP contribution in [0.4, 0.5) is 11.4 Å². The number of rotatable bonds is 5. The van der Waals surface area contributed by atoms with Gasteiger partial charge in [0.15, 0.2) is 11.5 Å². The monoisotopic (exact) mass is 395 g/mol. The van der Waals surface area contributed by atoms with Crippen LogP contribution in [0.3, 0.4) is 0 Å². The average molecular weight is 396 g/mol. The molecule has 0 bridgehead atoms. The van der Waals surface area contributed by atoms with Crippen molar-refractivity contribution in [2.24, 2.45) is 0 Å². The summed E-state index contributed by atoms with van der Waals surface area (Å²) >= 11 is 6.07. The maximum atomic E-state index is 12.5. The van der Waals surface area contributed by atoms with Gasteiger partial charge in [-0.3, -0.25) is 9.78 Å². The maximum Gasteiger partial charge on any atom is 0.270 e. The summed E-state index contributed by atoms with van der Waals surface area (Å²) in [6.07, 6.45) is 1.59. The van der Waals surface area contributed by atoms with Crippen molar-refractivity contribution in [3.63, 3.8) is 0 Å². The van der Waals surface area contributed by atoms with E-state index in [1.807, 2.05) is 43.3 Å². The van der Waals surface area contributed by atoms with Gasteiger partial charge in [-0.1, -0.05) is 23.7 Å². The summed E-state index contributed by atoms with van der Waals surface area (Å²) in [5.74, 6) is 1.14. The van der Waals surface area contributed by atoms with Crippen LogP contribution in [-0.4, -0.2) is 17.7 Å². The standard InChI is InChI=1S/C21H18ClN3O3/c1-13-2-4-15(22)9-17(13)25-16-6-7-23-18(10-16)21(26)24-11-14-3-5-19-20(8-14)28-12-27-19/h2-10H,11-12H2,1H3,(H,23,25)(H,24,26). The molecule has 0 unspecified atom stereocenters. The van der Waals surface area contributed by atoms with Gasteiger partial charge in [-0.05, 0) is 54.4 Å². The molecule has 0 aliphatic carbocycles. The molecule has 1 amide bonds. The lowest BCUT2D eigenvalue weighted by Crippen LogP contribution is -2.23. The first kappa shape index (κ1) is 18.1. The highest BCUT2D eigenvalue weighted by Crippen LogP contribution is 2.32. The molecule has 0 saturated heterocycles. The molecule has 0 saturated carbocycles. The van der Waals surface area contributed by atoms with E-state index in [1.54, 1.807) is 18.3 Å². The number of hydrogen-bond acceptors (Lipinski definition) is 5. The fourth-order valence-electron chi connectivity index (χ4n) is 2.84. The largest absolute Gasteiger partial charge is 0.454 e. The van der Waals surface area contributed by atoms with E-state index in [0.717, 1.165) is 22.5 Å². The van der Waals surface area contributed by atoms with Gasteiger partial charge in [0, 0.05) is 29.1 Å². The Labute approximate surface area is 167 Å². The molecule has 6 nitrogen and oxygen atoms in total. The predicted octanol–water partition coefficient (Wildman–Crippen LogP) is 4.45. The number of fused-ring (bicyclic) bond motifs is 1. The number of aromatic nitrogens is 1. The SMILES string of the molecule is Cc1ccc(Cl)cc1Nc1ccnc(C(=O)NCc2ccc3c(c2)OCO3)c1. The van der Waals surface area contributed by atoms with Crippen molar-refractivity contribution in [1.29, 1.82) is 0 Å². The Kier molecular flexibility index (Phi) is 5.04. The third-order valence-electron chi connectivity index (χ3n) is 4.36. The second-order valence-electron chi connectivity index (χ2n) is 6.38. The lowest BCUT2D eigenvalue weighted by atomic mass is 10.2. The third kappa shape index (κ3) is 4.02. The summed E-state index contributed by atoms with van der Waals surface area (Å²) in [4.78, 5) is 16.7. The molecule has 1 aromatic heterocycles. The molecule has 2 aromatic carbocycles. The Morgan fingerprint density at radius 1 is 1.11 bits per heavy atom. The first-order chi connectivity index (χ1) is 13.6. The van der Waals surface area contributed by atoms with Crippen molar-refractivity contribution in [2.75, 3.05) is 12.1 Å². The lowest BCUT2D eigenvalue weighted by molar-refractivity contribution is 0.0946. The number of carbonyl (C=O) groups is 1. The zero-order valence-corrected chi connectivity index (χ0v) is 15.9. The average Bonchev–Trinajstić information content (AvgIpc) is 3.17. The molecule has 1 aliphatic heterocycles. The first-order valence-corrected chi connectivity index (χ1v) is 9.12. The molecule has 2 heterocycles. The second kappa shape index (κ2) is 7.78. The molecule has 0 fully saturated rings. The van der Waals surface area contributed by atoms with Crippen molar-refractivity contribution < 1.29 is 14.3 Å². The number of nitrogens with one attached hydrogen (secondary N) is 2. The molecule has 28 heavy (non-hydrogen) atoms. The van der Waals surface area contributed by atoms with Crippen LogP contribution in [0, 0.1) is 6.92 Å². The quantitative estimate of drug-likeness (QED) is 0.668. The molecule has 1 aliphatic rings. The minimum atomic E-state index is -0.260. The number of ether oxygens (including phenoxy) is 2. The fourth-order valence-corrected chi connectivity index (χ4v) is 3.01. The summed E-state index contributed by atoms with van der Waals surface area (Å²) in [5.41, 5.74) is 3.93. The summed E-state index contributed by atoms with van der Waals surface area (Å²) in [6.45, 7) is 2.57. The smallest absolute Gasteiger partial charge is 0.270 e. The molecule has 2 N–H and O–H groups in total. The van der Waals surface area contributed by atoms with E-state index in [-0.39, 0.29) is 12.7 Å². The van der Waals surface area contributed by atoms with Crippen LogP contribution in [0.5, 0.6) is 11.5 Å². The number of hydrogen-bond donors (Lipinski definition) is 2. The molecular formula is C21H18ClN3O3. The molecule has 7 heteroatoms. The number of aryl methyl sites for hydroxylation is 1. The van der Waals surface area contributed by atoms with Gasteiger partial charge in [0.1, 0.15) is 5.69 Å². The van der Waals surface area contributed by atoms with Gasteiger partial charge < -0.3 is 20.1 Å². The number of halogens is 1. The minimum absolute atomic E-state index is 0.223. The summed E-state index contributed by atoms with van der Waals surface area (Å²) in [6, 6.07) is 14.7. The molecule has 0 atom stereocenters. The van der Waals surface area contributed by atoms with Crippen molar-refractivity contribution in [3.05, 3.63) is 76.6 Å². The summed E-state index contributed by atoms with van der Waals surface area (Å²) < 4.78 is 10.6. The molecule has 3 aromatic rings. The molecule has 4 rings (SSSR count). The number of pyridine rings is 1. The van der Waals surface area contributed by atoms with E-state index in [1.165, 1.54) is 0 Å².